The average Bonchev–Trinajstić information content (AvgIpc) is 2.57. The van der Waals surface area contributed by atoms with Crippen molar-refractivity contribution < 1.29 is 34.8 Å². The molecule has 26 heavy (non-hydrogen) atoms. The molecule has 0 spiro atoms. The van der Waals surface area contributed by atoms with E-state index in [1.807, 2.05) is 0 Å². The van der Waals surface area contributed by atoms with Gasteiger partial charge in [-0.15, -0.1) is 0 Å². The van der Waals surface area contributed by atoms with Crippen molar-refractivity contribution in [1.82, 2.24) is 4.48 Å². The van der Waals surface area contributed by atoms with Crippen LogP contribution in [0.5, 0.6) is 0 Å². The molecule has 1 aromatic carbocycles. The molecular formula is C18H28NO7+. The van der Waals surface area contributed by atoms with Crippen LogP contribution >= 0.6 is 0 Å². The van der Waals surface area contributed by atoms with Crippen molar-refractivity contribution in [1.29, 1.82) is 0 Å². The van der Waals surface area contributed by atoms with E-state index in [9.17, 15) is 14.4 Å². The van der Waals surface area contributed by atoms with E-state index in [2.05, 4.69) is 51.1 Å². The zero-order valence-electron chi connectivity index (χ0n) is 15.4. The average molecular weight is 370 g/mol. The first-order chi connectivity index (χ1) is 12.1. The second-order valence-corrected chi connectivity index (χ2v) is 5.91. The lowest BCUT2D eigenvalue weighted by Crippen LogP contribution is -2.48. The van der Waals surface area contributed by atoms with Crippen LogP contribution in [0, 0.1) is 0 Å². The van der Waals surface area contributed by atoms with Crippen LogP contribution in [0.3, 0.4) is 0 Å². The molecule has 0 aromatic heterocycles. The molecule has 0 aliphatic carbocycles. The van der Waals surface area contributed by atoms with Crippen molar-refractivity contribution in [2.45, 2.75) is 39.2 Å². The van der Waals surface area contributed by atoms with E-state index in [-0.39, 0.29) is 0 Å². The Hall–Kier alpha value is -2.45. The Balaban J connectivity index is 0.000000481. The third-order valence-corrected chi connectivity index (χ3v) is 4.41. The molecule has 0 saturated carbocycles. The third-order valence-electron chi connectivity index (χ3n) is 4.41. The van der Waals surface area contributed by atoms with Gasteiger partial charge in [-0.3, -0.25) is 14.1 Å². The first-order valence-corrected chi connectivity index (χ1v) is 8.38. The number of quaternary nitrogens is 1. The minimum atomic E-state index is -2.74. The Labute approximate surface area is 152 Å². The molecule has 146 valence electrons. The van der Waals surface area contributed by atoms with Crippen LogP contribution in [-0.4, -0.2) is 63.6 Å². The number of carboxylic acids is 3. The summed E-state index contributed by atoms with van der Waals surface area (Å²) in [5.74, 6) is -5.02. The highest BCUT2D eigenvalue weighted by molar-refractivity contribution is 5.88. The fraction of sp³-hybridized carbons (Fsp3) is 0.500. The maximum Gasteiger partial charge on any atom is 0.336 e. The molecule has 0 aliphatic heterocycles. The maximum atomic E-state index is 10.3. The van der Waals surface area contributed by atoms with Gasteiger partial charge in [0.2, 0.25) is 0 Å². The van der Waals surface area contributed by atoms with Gasteiger partial charge in [0.25, 0.3) is 0 Å². The van der Waals surface area contributed by atoms with E-state index >= 15 is 0 Å². The van der Waals surface area contributed by atoms with E-state index in [0.717, 1.165) is 4.48 Å². The number of aliphatic carboxylic acids is 3. The van der Waals surface area contributed by atoms with Gasteiger partial charge in [0.15, 0.2) is 5.60 Å². The molecule has 0 saturated heterocycles. The van der Waals surface area contributed by atoms with Gasteiger partial charge in [0.1, 0.15) is 5.69 Å². The highest BCUT2D eigenvalue weighted by atomic mass is 16.4. The molecule has 1 rings (SSSR count). The molecule has 8 heteroatoms. The SMILES string of the molecule is CC[N+](CC)(CC)c1ccccc1.O=C(O)CC(O)(CC(=O)O)C(=O)O. The molecule has 8 nitrogen and oxygen atoms in total. The highest BCUT2D eigenvalue weighted by Gasteiger charge is 2.40. The highest BCUT2D eigenvalue weighted by Crippen LogP contribution is 2.21. The molecule has 0 heterocycles. The van der Waals surface area contributed by atoms with E-state index in [1.165, 1.54) is 25.3 Å². The lowest BCUT2D eigenvalue weighted by molar-refractivity contribution is -0.170. The molecule has 0 radical (unpaired) electrons. The first-order valence-electron chi connectivity index (χ1n) is 8.38. The predicted molar refractivity (Wildman–Crippen MR) is 97.0 cm³/mol. The Morgan fingerprint density at radius 3 is 1.50 bits per heavy atom. The van der Waals surface area contributed by atoms with Crippen LogP contribution in [0.1, 0.15) is 33.6 Å². The number of hydrogen-bond acceptors (Lipinski definition) is 4. The summed E-state index contributed by atoms with van der Waals surface area (Å²) in [7, 11) is 0. The molecule has 0 bridgehead atoms. The first kappa shape index (κ1) is 23.5. The van der Waals surface area contributed by atoms with Crippen molar-refractivity contribution in [2.24, 2.45) is 0 Å². The van der Waals surface area contributed by atoms with Crippen molar-refractivity contribution in [3.8, 4) is 0 Å². The predicted octanol–water partition coefficient (Wildman–Crippen LogP) is 1.81. The molecule has 0 fully saturated rings. The standard InChI is InChI=1S/C12H20N.C6H8O7/c1-4-13(5-2,6-3)12-10-8-7-9-11-12;7-3(8)1-6(13,5(11)12)2-4(9)10/h7-11H,4-6H2,1-3H3;13H,1-2H2,(H,7,8)(H,9,10)(H,11,12)/q+1;. The van der Waals surface area contributed by atoms with E-state index < -0.39 is 36.4 Å². The number of carbonyl (C=O) groups is 3. The number of rotatable bonds is 9. The summed E-state index contributed by atoms with van der Waals surface area (Å²) >= 11 is 0. The van der Waals surface area contributed by atoms with Crippen LogP contribution in [0.15, 0.2) is 30.3 Å². The number of benzene rings is 1. The van der Waals surface area contributed by atoms with Gasteiger partial charge in [-0.2, -0.15) is 0 Å². The fourth-order valence-corrected chi connectivity index (χ4v) is 2.68. The van der Waals surface area contributed by atoms with E-state index in [4.69, 9.17) is 20.4 Å². The van der Waals surface area contributed by atoms with Crippen LogP contribution in [0.4, 0.5) is 5.69 Å². The summed E-state index contributed by atoms with van der Waals surface area (Å²) in [6.07, 6.45) is -2.29. The van der Waals surface area contributed by atoms with Crippen molar-refractivity contribution in [3.05, 3.63) is 30.3 Å². The third kappa shape index (κ3) is 6.81. The minimum Gasteiger partial charge on any atom is -0.481 e. The van der Waals surface area contributed by atoms with Crippen molar-refractivity contribution >= 4 is 23.6 Å². The van der Waals surface area contributed by atoms with Crippen LogP contribution < -0.4 is 4.48 Å². The normalized spacial score (nSPS) is 11.2. The smallest absolute Gasteiger partial charge is 0.336 e. The lowest BCUT2D eigenvalue weighted by Gasteiger charge is -2.35. The second kappa shape index (κ2) is 10.5. The Morgan fingerprint density at radius 2 is 1.23 bits per heavy atom. The minimum absolute atomic E-state index is 1.10. The lowest BCUT2D eigenvalue weighted by atomic mass is 9.96. The van der Waals surface area contributed by atoms with Crippen LogP contribution in [0.25, 0.3) is 0 Å². The topological polar surface area (TPSA) is 132 Å². The molecule has 4 N–H and O–H groups in total. The maximum absolute atomic E-state index is 10.3. The monoisotopic (exact) mass is 370 g/mol. The summed E-state index contributed by atoms with van der Waals surface area (Å²) in [5.41, 5.74) is -1.30. The van der Waals surface area contributed by atoms with Gasteiger partial charge in [0.05, 0.1) is 32.5 Å². The molecule has 1 aromatic rings. The number of aliphatic hydroxyl groups is 1. The zero-order valence-corrected chi connectivity index (χ0v) is 15.4. The molecule has 0 unspecified atom stereocenters. The molecule has 0 aliphatic rings. The van der Waals surface area contributed by atoms with Crippen LogP contribution in [0.2, 0.25) is 0 Å². The van der Waals surface area contributed by atoms with Gasteiger partial charge < -0.3 is 20.4 Å². The number of hydrogen-bond donors (Lipinski definition) is 4. The quantitative estimate of drug-likeness (QED) is 0.487. The van der Waals surface area contributed by atoms with Gasteiger partial charge in [0, 0.05) is 0 Å². The van der Waals surface area contributed by atoms with Gasteiger partial charge in [-0.1, -0.05) is 18.2 Å². The summed E-state index contributed by atoms with van der Waals surface area (Å²) < 4.78 is 1.10. The van der Waals surface area contributed by atoms with Gasteiger partial charge >= 0.3 is 17.9 Å². The number of para-hydroxylation sites is 1. The summed E-state index contributed by atoms with van der Waals surface area (Å²) in [6, 6.07) is 10.8. The Morgan fingerprint density at radius 1 is 0.846 bits per heavy atom. The fourth-order valence-electron chi connectivity index (χ4n) is 2.68. The summed E-state index contributed by atoms with van der Waals surface area (Å²) in [5, 5.41) is 33.8. The number of nitrogens with zero attached hydrogens (tertiary/aromatic N) is 1. The summed E-state index contributed by atoms with van der Waals surface area (Å²) in [6.45, 7) is 10.3. The van der Waals surface area contributed by atoms with Crippen LogP contribution in [-0.2, 0) is 14.4 Å². The largest absolute Gasteiger partial charge is 0.481 e. The zero-order chi connectivity index (χ0) is 20.4. The number of carboxylic acid groups (broad SMARTS) is 3. The summed E-state index contributed by atoms with van der Waals surface area (Å²) in [4.78, 5) is 30.5. The van der Waals surface area contributed by atoms with E-state index in [0.29, 0.717) is 0 Å². The molecule has 0 amide bonds. The van der Waals surface area contributed by atoms with Gasteiger partial charge in [-0.25, -0.2) is 4.79 Å². The Kier molecular flexibility index (Phi) is 9.53. The van der Waals surface area contributed by atoms with Crippen molar-refractivity contribution in [3.63, 3.8) is 0 Å². The van der Waals surface area contributed by atoms with Gasteiger partial charge in [-0.05, 0) is 32.9 Å². The van der Waals surface area contributed by atoms with Crippen molar-refractivity contribution in [2.75, 3.05) is 19.6 Å². The molecular weight excluding hydrogens is 342 g/mol. The second-order valence-electron chi connectivity index (χ2n) is 5.91. The Bertz CT molecular complexity index is 573. The molecule has 0 atom stereocenters. The van der Waals surface area contributed by atoms with E-state index in [1.54, 1.807) is 0 Å².